The highest BCUT2D eigenvalue weighted by Gasteiger charge is 2.07. The fourth-order valence-electron chi connectivity index (χ4n) is 4.27. The van der Waals surface area contributed by atoms with Crippen molar-refractivity contribution in [1.29, 1.82) is 10.8 Å². The first-order valence-corrected chi connectivity index (χ1v) is 14.7. The zero-order valence-corrected chi connectivity index (χ0v) is 24.6. The Labute approximate surface area is 237 Å². The summed E-state index contributed by atoms with van der Waals surface area (Å²) in [6.45, 7) is 1.68. The minimum Gasteiger partial charge on any atom is -0.274 e. The topological polar surface area (TPSA) is 83.3 Å². The fourth-order valence-corrected chi connectivity index (χ4v) is 5.90. The van der Waals surface area contributed by atoms with Gasteiger partial charge in [-0.15, -0.1) is 17.0 Å². The minimum atomic E-state index is 0. The van der Waals surface area contributed by atoms with Crippen LogP contribution < -0.4 is 9.60 Å². The summed E-state index contributed by atoms with van der Waals surface area (Å²) in [5, 5.41) is 27.5. The van der Waals surface area contributed by atoms with E-state index >= 15 is 0 Å². The molecule has 2 N–H and O–H groups in total. The standard InChI is InChI=1S/C28H36N6S2.BrH/c29-27-33(31-25(35-27)23-17-11-9-12-18-23)21-15-7-5-3-1-2-4-6-8-16-22-34-28(30)36-26(32-34)24-19-13-10-14-20-24;/h9-14,17-20,29-30H,1-8,15-16,21-22H2;1H. The van der Waals surface area contributed by atoms with Gasteiger partial charge in [0.15, 0.2) is 0 Å². The molecule has 0 radical (unpaired) electrons. The summed E-state index contributed by atoms with van der Waals surface area (Å²) >= 11 is 2.91. The highest BCUT2D eigenvalue weighted by atomic mass is 79.9. The summed E-state index contributed by atoms with van der Waals surface area (Å²) in [5.74, 6) is 0. The molecule has 2 aromatic heterocycles. The van der Waals surface area contributed by atoms with Gasteiger partial charge in [0.2, 0.25) is 9.60 Å². The summed E-state index contributed by atoms with van der Waals surface area (Å²) in [7, 11) is 0. The SMILES string of the molecule is Br.N=c1sc(-c2ccccc2)nn1CCCCCCCCCCCCn1nc(-c2ccccc2)sc1=N. The summed E-state index contributed by atoms with van der Waals surface area (Å²) in [5.41, 5.74) is 2.19. The fraction of sp³-hybridized carbons (Fsp3) is 0.429. The first-order valence-electron chi connectivity index (χ1n) is 13.1. The van der Waals surface area contributed by atoms with E-state index in [9.17, 15) is 0 Å². The van der Waals surface area contributed by atoms with E-state index in [0.717, 1.165) is 47.1 Å². The lowest BCUT2D eigenvalue weighted by molar-refractivity contribution is 0.494. The van der Waals surface area contributed by atoms with Crippen LogP contribution in [-0.2, 0) is 13.1 Å². The van der Waals surface area contributed by atoms with Crippen LogP contribution in [0.25, 0.3) is 21.1 Å². The number of hydrogen-bond acceptors (Lipinski definition) is 6. The van der Waals surface area contributed by atoms with Crippen molar-refractivity contribution in [3.8, 4) is 21.1 Å². The number of benzene rings is 2. The minimum absolute atomic E-state index is 0. The molecule has 37 heavy (non-hydrogen) atoms. The van der Waals surface area contributed by atoms with E-state index in [1.807, 2.05) is 45.8 Å². The second-order valence-electron chi connectivity index (χ2n) is 9.14. The normalized spacial score (nSPS) is 10.9. The van der Waals surface area contributed by atoms with E-state index in [2.05, 4.69) is 34.5 Å². The van der Waals surface area contributed by atoms with E-state index in [1.165, 1.54) is 74.0 Å². The third-order valence-electron chi connectivity index (χ3n) is 6.31. The van der Waals surface area contributed by atoms with Crippen LogP contribution in [0.3, 0.4) is 0 Å². The third-order valence-corrected chi connectivity index (χ3v) is 8.14. The average Bonchev–Trinajstić information content (AvgIpc) is 3.47. The molecule has 0 saturated carbocycles. The third kappa shape index (κ3) is 9.16. The van der Waals surface area contributed by atoms with Gasteiger partial charge in [-0.05, 0) is 12.8 Å². The molecule has 6 nitrogen and oxygen atoms in total. The van der Waals surface area contributed by atoms with Gasteiger partial charge in [-0.3, -0.25) is 10.8 Å². The maximum Gasteiger partial charge on any atom is 0.200 e. The van der Waals surface area contributed by atoms with Gasteiger partial charge in [0.05, 0.1) is 0 Å². The maximum absolute atomic E-state index is 8.18. The smallest absolute Gasteiger partial charge is 0.200 e. The van der Waals surface area contributed by atoms with E-state index in [1.54, 1.807) is 0 Å². The van der Waals surface area contributed by atoms with Crippen LogP contribution in [0.5, 0.6) is 0 Å². The highest BCUT2D eigenvalue weighted by molar-refractivity contribution is 8.93. The first kappa shape index (κ1) is 29.2. The predicted octanol–water partition coefficient (Wildman–Crippen LogP) is 7.67. The Balaban J connectivity index is 0.00000380. The molecule has 0 fully saturated rings. The Kier molecular flexibility index (Phi) is 12.5. The summed E-state index contributed by atoms with van der Waals surface area (Å²) < 4.78 is 3.70. The highest BCUT2D eigenvalue weighted by Crippen LogP contribution is 2.20. The van der Waals surface area contributed by atoms with Crippen LogP contribution in [0.2, 0.25) is 0 Å². The van der Waals surface area contributed by atoms with Crippen molar-refractivity contribution in [2.24, 2.45) is 0 Å². The van der Waals surface area contributed by atoms with Crippen LogP contribution in [-0.4, -0.2) is 19.6 Å². The number of nitrogens with zero attached hydrogens (tertiary/aromatic N) is 4. The molecule has 0 spiro atoms. The first-order chi connectivity index (χ1) is 17.7. The molecule has 4 aromatic rings. The quantitative estimate of drug-likeness (QED) is 0.137. The van der Waals surface area contributed by atoms with Crippen molar-refractivity contribution in [3.63, 3.8) is 0 Å². The van der Waals surface area contributed by atoms with E-state index < -0.39 is 0 Å². The number of rotatable bonds is 15. The number of aryl methyl sites for hydroxylation is 2. The van der Waals surface area contributed by atoms with Crippen LogP contribution >= 0.6 is 39.7 Å². The molecule has 0 aliphatic heterocycles. The largest absolute Gasteiger partial charge is 0.274 e. The van der Waals surface area contributed by atoms with E-state index in [-0.39, 0.29) is 17.0 Å². The van der Waals surface area contributed by atoms with Gasteiger partial charge in [-0.1, -0.05) is 135 Å². The Morgan fingerprint density at radius 3 is 1.19 bits per heavy atom. The molecule has 0 aliphatic rings. The molecule has 0 atom stereocenters. The molecular weight excluding hydrogens is 564 g/mol. The van der Waals surface area contributed by atoms with Crippen molar-refractivity contribution in [1.82, 2.24) is 19.6 Å². The van der Waals surface area contributed by atoms with Gasteiger partial charge >= 0.3 is 0 Å². The lowest BCUT2D eigenvalue weighted by Crippen LogP contribution is -2.14. The number of nitrogens with one attached hydrogen (secondary N) is 2. The van der Waals surface area contributed by atoms with Gasteiger partial charge in [-0.2, -0.15) is 10.2 Å². The molecular formula is C28H37BrN6S2. The van der Waals surface area contributed by atoms with Crippen molar-refractivity contribution in [2.75, 3.05) is 0 Å². The Hall–Kier alpha value is -2.36. The van der Waals surface area contributed by atoms with Gasteiger partial charge in [0, 0.05) is 24.2 Å². The molecule has 2 heterocycles. The lowest BCUT2D eigenvalue weighted by Gasteiger charge is -2.04. The summed E-state index contributed by atoms with van der Waals surface area (Å²) in [6, 6.07) is 20.3. The van der Waals surface area contributed by atoms with Gasteiger partial charge in [0.1, 0.15) is 10.0 Å². The van der Waals surface area contributed by atoms with Gasteiger partial charge in [-0.25, -0.2) is 9.36 Å². The Morgan fingerprint density at radius 1 is 0.514 bits per heavy atom. The van der Waals surface area contributed by atoms with Crippen LogP contribution in [0.15, 0.2) is 60.7 Å². The molecule has 9 heteroatoms. The molecule has 0 amide bonds. The maximum atomic E-state index is 8.18. The molecule has 0 unspecified atom stereocenters. The monoisotopic (exact) mass is 600 g/mol. The Bertz CT molecular complexity index is 1190. The van der Waals surface area contributed by atoms with Crippen molar-refractivity contribution < 1.29 is 0 Å². The number of aromatic nitrogens is 4. The zero-order valence-electron chi connectivity index (χ0n) is 21.3. The molecule has 0 bridgehead atoms. The molecule has 0 saturated heterocycles. The molecule has 4 rings (SSSR count). The van der Waals surface area contributed by atoms with Gasteiger partial charge in [0.25, 0.3) is 0 Å². The summed E-state index contributed by atoms with van der Waals surface area (Å²) in [6.07, 6.45) is 12.3. The molecule has 0 aliphatic carbocycles. The zero-order chi connectivity index (χ0) is 25.0. The van der Waals surface area contributed by atoms with E-state index in [0.29, 0.717) is 9.60 Å². The van der Waals surface area contributed by atoms with Crippen LogP contribution in [0.4, 0.5) is 0 Å². The van der Waals surface area contributed by atoms with Crippen molar-refractivity contribution in [2.45, 2.75) is 77.3 Å². The predicted molar refractivity (Wildman–Crippen MR) is 159 cm³/mol. The van der Waals surface area contributed by atoms with Gasteiger partial charge < -0.3 is 0 Å². The second-order valence-corrected chi connectivity index (χ2v) is 11.1. The van der Waals surface area contributed by atoms with Crippen molar-refractivity contribution >= 4 is 39.7 Å². The summed E-state index contributed by atoms with van der Waals surface area (Å²) in [4.78, 5) is 1.08. The lowest BCUT2D eigenvalue weighted by atomic mass is 10.1. The molecule has 2 aromatic carbocycles. The van der Waals surface area contributed by atoms with Crippen LogP contribution in [0, 0.1) is 10.8 Å². The van der Waals surface area contributed by atoms with Crippen LogP contribution in [0.1, 0.15) is 64.2 Å². The number of hydrogen-bond donors (Lipinski definition) is 2. The second kappa shape index (κ2) is 15.8. The molecule has 198 valence electrons. The number of halogens is 1. The van der Waals surface area contributed by atoms with E-state index in [4.69, 9.17) is 10.8 Å². The van der Waals surface area contributed by atoms with Crippen molar-refractivity contribution in [3.05, 3.63) is 70.3 Å². The number of unbranched alkanes of at least 4 members (excludes halogenated alkanes) is 9. The Morgan fingerprint density at radius 2 is 0.838 bits per heavy atom. The average molecular weight is 602 g/mol.